The van der Waals surface area contributed by atoms with Crippen LogP contribution in [0.2, 0.25) is 0 Å². The number of rotatable bonds is 10. The van der Waals surface area contributed by atoms with Gasteiger partial charge in [0.25, 0.3) is 0 Å². The van der Waals surface area contributed by atoms with Gasteiger partial charge in [-0.3, -0.25) is 15.4 Å². The maximum Gasteiger partial charge on any atom is 0.319 e. The number of anilines is 1. The van der Waals surface area contributed by atoms with Gasteiger partial charge in [0, 0.05) is 12.2 Å². The highest BCUT2D eigenvalue weighted by atomic mass is 16.5. The Morgan fingerprint density at radius 3 is 2.55 bits per heavy atom. The fourth-order valence-electron chi connectivity index (χ4n) is 6.03. The number of benzene rings is 2. The van der Waals surface area contributed by atoms with E-state index in [-0.39, 0.29) is 29.1 Å². The second kappa shape index (κ2) is 14.2. The molecular formula is C35H46N6O3. The van der Waals surface area contributed by atoms with Crippen LogP contribution in [0.15, 0.2) is 60.8 Å². The minimum Gasteiger partial charge on any atom is -0.484 e. The Balaban J connectivity index is 1.23. The van der Waals surface area contributed by atoms with Gasteiger partial charge in [-0.2, -0.15) is 0 Å². The first-order valence-corrected chi connectivity index (χ1v) is 15.7. The lowest BCUT2D eigenvalue weighted by molar-refractivity contribution is 0.0863. The molecule has 1 saturated heterocycles. The predicted octanol–water partition coefficient (Wildman–Crippen LogP) is 6.50. The van der Waals surface area contributed by atoms with E-state index in [9.17, 15) is 4.79 Å². The Morgan fingerprint density at radius 1 is 1.02 bits per heavy atom. The molecule has 3 aromatic rings. The summed E-state index contributed by atoms with van der Waals surface area (Å²) >= 11 is 0. The fourth-order valence-corrected chi connectivity index (χ4v) is 6.03. The van der Waals surface area contributed by atoms with Crippen molar-refractivity contribution in [3.05, 3.63) is 88.5 Å². The lowest BCUT2D eigenvalue weighted by Gasteiger charge is -2.32. The standard InChI is InChI=1S/C35H46N6O3/c1-35(2,3)26-19-25(23-43-18-17-40-15-7-4-8-16-40)20-27(21-26)38-34(42)39-31-12-13-32(30-10-6-5-9-29(30)31)44-28-11-14-33(37)41(22-28)24-36/h5-6,9-11,14,19-22,24,31-32,36-37H,4,7-8,12-13,15-18,23H2,1-3H3,(H2,38,39,42)/t31-,32+/m0/s1. The molecule has 2 aliphatic rings. The lowest BCUT2D eigenvalue weighted by atomic mass is 9.85. The van der Waals surface area contributed by atoms with Crippen LogP contribution in [0.3, 0.4) is 0 Å². The van der Waals surface area contributed by atoms with Crippen molar-refractivity contribution in [3.63, 3.8) is 0 Å². The normalized spacial score (nSPS) is 18.7. The van der Waals surface area contributed by atoms with Crippen LogP contribution in [0.25, 0.3) is 0 Å². The van der Waals surface area contributed by atoms with Gasteiger partial charge in [0.15, 0.2) is 0 Å². The van der Waals surface area contributed by atoms with Crippen LogP contribution in [-0.4, -0.2) is 48.1 Å². The zero-order chi connectivity index (χ0) is 31.1. The summed E-state index contributed by atoms with van der Waals surface area (Å²) < 4.78 is 13.8. The van der Waals surface area contributed by atoms with Crippen molar-refractivity contribution in [1.29, 1.82) is 10.8 Å². The van der Waals surface area contributed by atoms with Crippen LogP contribution >= 0.6 is 0 Å². The number of fused-ring (bicyclic) bond motifs is 1. The lowest BCUT2D eigenvalue weighted by Crippen LogP contribution is -2.35. The Bertz CT molecular complexity index is 1500. The molecule has 2 heterocycles. The number of likely N-dealkylation sites (tertiary alicyclic amines) is 1. The van der Waals surface area contributed by atoms with Crippen LogP contribution < -0.4 is 20.9 Å². The maximum absolute atomic E-state index is 13.3. The zero-order valence-electron chi connectivity index (χ0n) is 26.2. The van der Waals surface area contributed by atoms with E-state index in [0.29, 0.717) is 31.8 Å². The van der Waals surface area contributed by atoms with E-state index in [4.69, 9.17) is 20.3 Å². The number of carbonyl (C=O) groups excluding carboxylic acids is 1. The van der Waals surface area contributed by atoms with Crippen molar-refractivity contribution in [3.8, 4) is 5.75 Å². The van der Waals surface area contributed by atoms with E-state index in [0.717, 1.165) is 53.9 Å². The average molecular weight is 599 g/mol. The molecule has 1 fully saturated rings. The fraction of sp³-hybridized carbons (Fsp3) is 0.457. The Labute approximate surface area is 260 Å². The molecule has 0 spiro atoms. The molecule has 2 atom stereocenters. The van der Waals surface area contributed by atoms with Crippen LogP contribution in [0.4, 0.5) is 10.5 Å². The van der Waals surface area contributed by atoms with Crippen molar-refractivity contribution in [2.24, 2.45) is 0 Å². The summed E-state index contributed by atoms with van der Waals surface area (Å²) in [5.74, 6) is 0.596. The van der Waals surface area contributed by atoms with Gasteiger partial charge in [-0.1, -0.05) is 57.5 Å². The highest BCUT2D eigenvalue weighted by molar-refractivity contribution is 5.89. The highest BCUT2D eigenvalue weighted by Gasteiger charge is 2.29. The van der Waals surface area contributed by atoms with Gasteiger partial charge in [-0.25, -0.2) is 4.79 Å². The molecule has 44 heavy (non-hydrogen) atoms. The molecule has 9 nitrogen and oxygen atoms in total. The highest BCUT2D eigenvalue weighted by Crippen LogP contribution is 2.38. The minimum atomic E-state index is -0.245. The largest absolute Gasteiger partial charge is 0.484 e. The van der Waals surface area contributed by atoms with E-state index >= 15 is 0 Å². The second-order valence-electron chi connectivity index (χ2n) is 12.9. The zero-order valence-corrected chi connectivity index (χ0v) is 26.2. The van der Waals surface area contributed by atoms with E-state index in [1.54, 1.807) is 18.3 Å². The van der Waals surface area contributed by atoms with Gasteiger partial charge in [0.2, 0.25) is 0 Å². The van der Waals surface area contributed by atoms with Gasteiger partial charge in [0.1, 0.15) is 17.3 Å². The third-order valence-electron chi connectivity index (χ3n) is 8.49. The molecule has 1 aliphatic carbocycles. The molecule has 234 valence electrons. The third kappa shape index (κ3) is 8.15. The van der Waals surface area contributed by atoms with Crippen molar-refractivity contribution in [2.75, 3.05) is 31.6 Å². The summed E-state index contributed by atoms with van der Waals surface area (Å²) in [4.78, 5) is 15.8. The number of ether oxygens (including phenoxy) is 2. The monoisotopic (exact) mass is 598 g/mol. The van der Waals surface area contributed by atoms with Crippen molar-refractivity contribution < 1.29 is 14.3 Å². The van der Waals surface area contributed by atoms with Crippen molar-refractivity contribution in [1.82, 2.24) is 14.8 Å². The molecule has 0 saturated carbocycles. The van der Waals surface area contributed by atoms with Crippen LogP contribution in [0.5, 0.6) is 5.75 Å². The molecule has 1 aliphatic heterocycles. The van der Waals surface area contributed by atoms with E-state index in [1.807, 2.05) is 30.3 Å². The molecule has 2 aromatic carbocycles. The van der Waals surface area contributed by atoms with Gasteiger partial charge < -0.3 is 25.0 Å². The molecule has 9 heteroatoms. The van der Waals surface area contributed by atoms with Gasteiger partial charge in [0.05, 0.1) is 31.8 Å². The number of amides is 2. The van der Waals surface area contributed by atoms with E-state index < -0.39 is 0 Å². The number of nitrogens with one attached hydrogen (secondary N) is 4. The summed E-state index contributed by atoms with van der Waals surface area (Å²) in [6, 6.07) is 17.3. The Morgan fingerprint density at radius 2 is 1.80 bits per heavy atom. The number of hydrogen-bond donors (Lipinski definition) is 4. The van der Waals surface area contributed by atoms with Crippen molar-refractivity contribution in [2.45, 2.75) is 77.0 Å². The number of aromatic nitrogens is 1. The molecule has 5 rings (SSSR count). The van der Waals surface area contributed by atoms with Gasteiger partial charge in [-0.15, -0.1) is 0 Å². The summed E-state index contributed by atoms with van der Waals surface area (Å²) in [5.41, 5.74) is 5.15. The first-order chi connectivity index (χ1) is 21.2. The number of carbonyl (C=O) groups is 1. The maximum atomic E-state index is 13.3. The molecule has 1 aromatic heterocycles. The summed E-state index contributed by atoms with van der Waals surface area (Å²) in [5, 5.41) is 21.7. The third-order valence-corrected chi connectivity index (χ3v) is 8.49. The van der Waals surface area contributed by atoms with Gasteiger partial charge in [-0.05, 0) is 90.7 Å². The molecular weight excluding hydrogens is 552 g/mol. The second-order valence-corrected chi connectivity index (χ2v) is 12.9. The Hall–Kier alpha value is -3.95. The number of pyridine rings is 1. The van der Waals surface area contributed by atoms with E-state index in [1.165, 1.54) is 23.8 Å². The van der Waals surface area contributed by atoms with E-state index in [2.05, 4.69) is 48.4 Å². The number of nitrogens with zero attached hydrogens (tertiary/aromatic N) is 2. The quantitative estimate of drug-likeness (QED) is 0.121. The SMILES string of the molecule is CC(C)(C)c1cc(COCCN2CCCCC2)cc(NC(=O)N[C@H]2CC[C@@H](Oc3ccc(=N)n(C=N)c3)c3ccccc32)c1. The van der Waals surface area contributed by atoms with Gasteiger partial charge >= 0.3 is 6.03 Å². The average Bonchev–Trinajstić information content (AvgIpc) is 3.01. The van der Waals surface area contributed by atoms with Crippen LogP contribution in [-0.2, 0) is 16.8 Å². The van der Waals surface area contributed by atoms with Crippen molar-refractivity contribution >= 4 is 18.1 Å². The topological polar surface area (TPSA) is 115 Å². The number of hydrogen-bond acceptors (Lipinski definition) is 6. The van der Waals surface area contributed by atoms with Crippen LogP contribution in [0, 0.1) is 10.8 Å². The minimum absolute atomic E-state index is 0.0764. The Kier molecular flexibility index (Phi) is 10.2. The molecule has 0 unspecified atom stereocenters. The first kappa shape index (κ1) is 31.5. The smallest absolute Gasteiger partial charge is 0.319 e. The summed E-state index contributed by atoms with van der Waals surface area (Å²) in [6.45, 7) is 11.0. The number of urea groups is 1. The summed E-state index contributed by atoms with van der Waals surface area (Å²) in [7, 11) is 0. The molecule has 2 amide bonds. The number of piperidine rings is 1. The predicted molar refractivity (Wildman–Crippen MR) is 173 cm³/mol. The summed E-state index contributed by atoms with van der Waals surface area (Å²) in [6.07, 6.45) is 7.87. The molecule has 4 N–H and O–H groups in total. The first-order valence-electron chi connectivity index (χ1n) is 15.7. The molecule has 0 radical (unpaired) electrons. The van der Waals surface area contributed by atoms with Crippen LogP contribution in [0.1, 0.15) is 87.3 Å². The molecule has 0 bridgehead atoms.